The number of carbonyl (C=O) groups excluding carboxylic acids is 4. The Balaban J connectivity index is 5.53. The van der Waals surface area contributed by atoms with E-state index < -0.39 is 23.4 Å². The van der Waals surface area contributed by atoms with Gasteiger partial charge < -0.3 is 14.8 Å². The number of amides is 1. The highest BCUT2D eigenvalue weighted by molar-refractivity contribution is 6.07. The number of carbonyl (C=O) groups is 4. The van der Waals surface area contributed by atoms with Gasteiger partial charge in [0.25, 0.3) is 0 Å². The molecule has 112 valence electrons. The summed E-state index contributed by atoms with van der Waals surface area (Å²) in [5.74, 6) is -2.45. The van der Waals surface area contributed by atoms with Crippen LogP contribution in [-0.4, -0.2) is 42.9 Å². The zero-order valence-electron chi connectivity index (χ0n) is 11.8. The molecule has 0 aliphatic carbocycles. The number of allylic oxidation sites excluding steroid dienone is 1. The van der Waals surface area contributed by atoms with E-state index in [1.165, 1.54) is 6.08 Å². The van der Waals surface area contributed by atoms with Crippen LogP contribution in [0, 0.1) is 0 Å². The highest BCUT2D eigenvalue weighted by Gasteiger charge is 2.49. The van der Waals surface area contributed by atoms with Gasteiger partial charge in [-0.2, -0.15) is 0 Å². The molecule has 0 aliphatic heterocycles. The van der Waals surface area contributed by atoms with Gasteiger partial charge in [-0.1, -0.05) is 6.08 Å². The summed E-state index contributed by atoms with van der Waals surface area (Å²) in [5, 5.41) is 2.27. The number of rotatable bonds is 8. The van der Waals surface area contributed by atoms with Crippen molar-refractivity contribution in [2.24, 2.45) is 0 Å². The molecule has 0 saturated carbocycles. The quantitative estimate of drug-likeness (QED) is 0.294. The van der Waals surface area contributed by atoms with Crippen LogP contribution in [0.2, 0.25) is 0 Å². The summed E-state index contributed by atoms with van der Waals surface area (Å²) >= 11 is 0. The van der Waals surface area contributed by atoms with Crippen molar-refractivity contribution in [1.82, 2.24) is 5.32 Å². The number of aldehydes is 1. The molecule has 1 N–H and O–H groups in total. The minimum absolute atomic E-state index is 0.0387. The largest absolute Gasteiger partial charge is 0.464 e. The predicted octanol–water partition coefficient (Wildman–Crippen LogP) is 0.133. The lowest BCUT2D eigenvalue weighted by Crippen LogP contribution is -2.60. The topological polar surface area (TPSA) is 98.8 Å². The first kappa shape index (κ1) is 17.8. The standard InChI is InChI=1S/C13H19NO6/c1-4-19-11(17)13(14-10(3)16,8-6-7-9-15)12(18)20-5-2/h6-7,9H,4-5,8H2,1-3H3,(H,14,16)/b7-6-. The van der Waals surface area contributed by atoms with Crippen LogP contribution in [0.4, 0.5) is 0 Å². The van der Waals surface area contributed by atoms with Gasteiger partial charge in [-0.3, -0.25) is 9.59 Å². The average molecular weight is 285 g/mol. The molecule has 7 heteroatoms. The van der Waals surface area contributed by atoms with Gasteiger partial charge >= 0.3 is 11.9 Å². The molecule has 1 amide bonds. The highest BCUT2D eigenvalue weighted by Crippen LogP contribution is 2.17. The molecule has 0 aromatic carbocycles. The molecule has 0 aromatic heterocycles. The minimum Gasteiger partial charge on any atom is -0.464 e. The van der Waals surface area contributed by atoms with Gasteiger partial charge in [0.05, 0.1) is 13.2 Å². The van der Waals surface area contributed by atoms with Gasteiger partial charge in [-0.25, -0.2) is 9.59 Å². The molecule has 20 heavy (non-hydrogen) atoms. The summed E-state index contributed by atoms with van der Waals surface area (Å²) in [6.07, 6.45) is 2.67. The van der Waals surface area contributed by atoms with Crippen molar-refractivity contribution in [2.45, 2.75) is 32.7 Å². The number of esters is 2. The number of hydrogen-bond donors (Lipinski definition) is 1. The number of ether oxygens (including phenoxy) is 2. The summed E-state index contributed by atoms with van der Waals surface area (Å²) in [7, 11) is 0. The lowest BCUT2D eigenvalue weighted by molar-refractivity contribution is -0.167. The van der Waals surface area contributed by atoms with Gasteiger partial charge in [-0.05, 0) is 19.9 Å². The fourth-order valence-electron chi connectivity index (χ4n) is 1.51. The van der Waals surface area contributed by atoms with Crippen LogP contribution in [0.3, 0.4) is 0 Å². The molecule has 0 aliphatic rings. The SMILES string of the molecule is CCOC(=O)C(C/C=C\C=O)(NC(C)=O)C(=O)OCC. The maximum absolute atomic E-state index is 12.1. The number of nitrogens with one attached hydrogen (secondary N) is 1. The van der Waals surface area contributed by atoms with E-state index in [0.29, 0.717) is 6.29 Å². The van der Waals surface area contributed by atoms with Crippen LogP contribution in [0.1, 0.15) is 27.2 Å². The van der Waals surface area contributed by atoms with E-state index in [-0.39, 0.29) is 19.6 Å². The zero-order chi connectivity index (χ0) is 15.6. The summed E-state index contributed by atoms with van der Waals surface area (Å²) in [4.78, 5) is 45.7. The van der Waals surface area contributed by atoms with Crippen molar-refractivity contribution < 1.29 is 28.7 Å². The first-order valence-electron chi connectivity index (χ1n) is 6.18. The lowest BCUT2D eigenvalue weighted by Gasteiger charge is -2.28. The van der Waals surface area contributed by atoms with Crippen LogP contribution in [-0.2, 0) is 28.7 Å². The van der Waals surface area contributed by atoms with Crippen LogP contribution in [0.25, 0.3) is 0 Å². The van der Waals surface area contributed by atoms with Crippen LogP contribution < -0.4 is 5.32 Å². The van der Waals surface area contributed by atoms with E-state index in [0.717, 1.165) is 13.0 Å². The maximum atomic E-state index is 12.1. The van der Waals surface area contributed by atoms with E-state index >= 15 is 0 Å². The van der Waals surface area contributed by atoms with E-state index in [4.69, 9.17) is 9.47 Å². The Bertz CT molecular complexity index is 384. The Morgan fingerprint density at radius 1 is 1.10 bits per heavy atom. The first-order valence-corrected chi connectivity index (χ1v) is 6.18. The van der Waals surface area contributed by atoms with Gasteiger partial charge in [0.15, 0.2) is 0 Å². The van der Waals surface area contributed by atoms with E-state index in [1.807, 2.05) is 0 Å². The van der Waals surface area contributed by atoms with Crippen LogP contribution in [0.5, 0.6) is 0 Å². The molecule has 0 spiro atoms. The monoisotopic (exact) mass is 285 g/mol. The Morgan fingerprint density at radius 3 is 1.95 bits per heavy atom. The molecule has 0 heterocycles. The Kier molecular flexibility index (Phi) is 7.88. The third-order valence-corrected chi connectivity index (χ3v) is 2.28. The molecule has 0 atom stereocenters. The molecule has 0 unspecified atom stereocenters. The Labute approximate surface area is 117 Å². The zero-order valence-corrected chi connectivity index (χ0v) is 11.8. The first-order chi connectivity index (χ1) is 9.44. The summed E-state index contributed by atoms with van der Waals surface area (Å²) in [6.45, 7) is 4.39. The fraction of sp³-hybridized carbons (Fsp3) is 0.538. The van der Waals surface area contributed by atoms with E-state index in [9.17, 15) is 19.2 Å². The van der Waals surface area contributed by atoms with Crippen LogP contribution in [0.15, 0.2) is 12.2 Å². The molecule has 0 fully saturated rings. The van der Waals surface area contributed by atoms with Gasteiger partial charge in [-0.15, -0.1) is 0 Å². The second-order valence-corrected chi connectivity index (χ2v) is 3.80. The third kappa shape index (κ3) is 4.83. The second-order valence-electron chi connectivity index (χ2n) is 3.80. The summed E-state index contributed by atoms with van der Waals surface area (Å²) in [5.41, 5.74) is -1.97. The Morgan fingerprint density at radius 2 is 1.60 bits per heavy atom. The number of hydrogen-bond acceptors (Lipinski definition) is 6. The van der Waals surface area contributed by atoms with E-state index in [2.05, 4.69) is 5.32 Å². The minimum atomic E-state index is -1.97. The Hall–Kier alpha value is -2.18. The molecule has 0 radical (unpaired) electrons. The van der Waals surface area contributed by atoms with Crippen molar-refractivity contribution in [1.29, 1.82) is 0 Å². The normalized spacial score (nSPS) is 10.9. The van der Waals surface area contributed by atoms with Crippen molar-refractivity contribution in [3.8, 4) is 0 Å². The molecule has 0 saturated heterocycles. The molecule has 0 bridgehead atoms. The van der Waals surface area contributed by atoms with Gasteiger partial charge in [0.1, 0.15) is 6.29 Å². The lowest BCUT2D eigenvalue weighted by atomic mass is 9.94. The summed E-state index contributed by atoms with van der Waals surface area (Å²) < 4.78 is 9.66. The van der Waals surface area contributed by atoms with Crippen molar-refractivity contribution in [3.63, 3.8) is 0 Å². The molecule has 7 nitrogen and oxygen atoms in total. The van der Waals surface area contributed by atoms with Crippen molar-refractivity contribution in [3.05, 3.63) is 12.2 Å². The van der Waals surface area contributed by atoms with Crippen molar-refractivity contribution >= 4 is 24.1 Å². The molecular formula is C13H19NO6. The van der Waals surface area contributed by atoms with Crippen molar-refractivity contribution in [2.75, 3.05) is 13.2 Å². The predicted molar refractivity (Wildman–Crippen MR) is 69.6 cm³/mol. The molecular weight excluding hydrogens is 266 g/mol. The van der Waals surface area contributed by atoms with Crippen LogP contribution >= 0.6 is 0 Å². The molecule has 0 rings (SSSR count). The maximum Gasteiger partial charge on any atom is 0.344 e. The average Bonchev–Trinajstić information content (AvgIpc) is 2.37. The highest BCUT2D eigenvalue weighted by atomic mass is 16.6. The van der Waals surface area contributed by atoms with Gasteiger partial charge in [0, 0.05) is 13.3 Å². The summed E-state index contributed by atoms with van der Waals surface area (Å²) in [6, 6.07) is 0. The van der Waals surface area contributed by atoms with E-state index in [1.54, 1.807) is 13.8 Å². The molecule has 0 aromatic rings. The van der Waals surface area contributed by atoms with Gasteiger partial charge in [0.2, 0.25) is 11.4 Å². The third-order valence-electron chi connectivity index (χ3n) is 2.28. The second kappa shape index (κ2) is 8.84. The smallest absolute Gasteiger partial charge is 0.344 e. The fourth-order valence-corrected chi connectivity index (χ4v) is 1.51.